The molecule has 3 heteroatoms. The Hall–Kier alpha value is -1.56. The molecule has 0 saturated heterocycles. The second-order valence-corrected chi connectivity index (χ2v) is 4.92. The van der Waals surface area contributed by atoms with E-state index in [1.165, 1.54) is 17.7 Å². The number of pyridine rings is 1. The molecule has 0 bridgehead atoms. The highest BCUT2D eigenvalue weighted by molar-refractivity contribution is 5.56. The Morgan fingerprint density at radius 2 is 2.00 bits per heavy atom. The zero-order valence-electron chi connectivity index (χ0n) is 11.4. The summed E-state index contributed by atoms with van der Waals surface area (Å²) in [5.74, 6) is 0.904. The van der Waals surface area contributed by atoms with Crippen LogP contribution in [0.25, 0.3) is 0 Å². The minimum atomic E-state index is 0.748. The van der Waals surface area contributed by atoms with Gasteiger partial charge in [-0.2, -0.15) is 5.26 Å². The highest BCUT2D eigenvalue weighted by Crippen LogP contribution is 2.27. The second kappa shape index (κ2) is 5.86. The van der Waals surface area contributed by atoms with Gasteiger partial charge in [-0.15, -0.1) is 0 Å². The first kappa shape index (κ1) is 12.9. The molecule has 18 heavy (non-hydrogen) atoms. The van der Waals surface area contributed by atoms with E-state index >= 15 is 0 Å². The Bertz CT molecular complexity index is 454. The molecule has 0 amide bonds. The molecule has 1 aliphatic carbocycles. The van der Waals surface area contributed by atoms with Gasteiger partial charge in [0, 0.05) is 18.8 Å². The van der Waals surface area contributed by atoms with Gasteiger partial charge in [-0.05, 0) is 43.7 Å². The molecule has 1 aliphatic rings. The van der Waals surface area contributed by atoms with Gasteiger partial charge in [0.05, 0.1) is 5.56 Å². The SMILES string of the molecule is CCCN(CCC)c1nc2c(cc1C#N)CCC2. The summed E-state index contributed by atoms with van der Waals surface area (Å²) in [7, 11) is 0. The van der Waals surface area contributed by atoms with Crippen LogP contribution in [0.3, 0.4) is 0 Å². The van der Waals surface area contributed by atoms with Crippen molar-refractivity contribution in [1.29, 1.82) is 5.26 Å². The number of aromatic nitrogens is 1. The molecule has 0 saturated carbocycles. The van der Waals surface area contributed by atoms with Gasteiger partial charge in [0.1, 0.15) is 11.9 Å². The number of rotatable bonds is 5. The zero-order chi connectivity index (χ0) is 13.0. The smallest absolute Gasteiger partial charge is 0.146 e. The number of nitrogens with zero attached hydrogens (tertiary/aromatic N) is 3. The van der Waals surface area contributed by atoms with Crippen molar-refractivity contribution in [2.75, 3.05) is 18.0 Å². The van der Waals surface area contributed by atoms with Crippen LogP contribution < -0.4 is 4.90 Å². The monoisotopic (exact) mass is 243 g/mol. The maximum atomic E-state index is 9.32. The van der Waals surface area contributed by atoms with E-state index in [9.17, 15) is 5.26 Å². The van der Waals surface area contributed by atoms with E-state index in [2.05, 4.69) is 30.9 Å². The number of hydrogen-bond acceptors (Lipinski definition) is 3. The zero-order valence-corrected chi connectivity index (χ0v) is 11.4. The van der Waals surface area contributed by atoms with Crippen LogP contribution in [0.2, 0.25) is 0 Å². The van der Waals surface area contributed by atoms with Gasteiger partial charge in [0.2, 0.25) is 0 Å². The molecule has 1 aromatic heterocycles. The lowest BCUT2D eigenvalue weighted by Gasteiger charge is -2.24. The molecule has 0 aliphatic heterocycles. The molecule has 3 nitrogen and oxygen atoms in total. The third-order valence-electron chi connectivity index (χ3n) is 3.44. The Morgan fingerprint density at radius 1 is 1.28 bits per heavy atom. The van der Waals surface area contributed by atoms with E-state index in [1.807, 2.05) is 0 Å². The molecule has 2 rings (SSSR count). The highest BCUT2D eigenvalue weighted by Gasteiger charge is 2.19. The predicted octanol–water partition coefficient (Wildman–Crippen LogP) is 3.07. The average Bonchev–Trinajstić information content (AvgIpc) is 2.84. The normalized spacial score (nSPS) is 13.2. The summed E-state index contributed by atoms with van der Waals surface area (Å²) < 4.78 is 0. The lowest BCUT2D eigenvalue weighted by atomic mass is 10.1. The molecule has 0 aromatic carbocycles. The lowest BCUT2D eigenvalue weighted by Crippen LogP contribution is -2.27. The van der Waals surface area contributed by atoms with Crippen molar-refractivity contribution in [2.45, 2.75) is 46.0 Å². The summed E-state index contributed by atoms with van der Waals surface area (Å²) in [6.45, 7) is 6.30. The van der Waals surface area contributed by atoms with Crippen molar-refractivity contribution in [3.8, 4) is 6.07 Å². The number of anilines is 1. The Morgan fingerprint density at radius 3 is 2.61 bits per heavy atom. The fourth-order valence-electron chi connectivity index (χ4n) is 2.65. The van der Waals surface area contributed by atoms with E-state index < -0.39 is 0 Å². The fraction of sp³-hybridized carbons (Fsp3) is 0.600. The van der Waals surface area contributed by atoms with E-state index in [-0.39, 0.29) is 0 Å². The van der Waals surface area contributed by atoms with Crippen LogP contribution in [-0.4, -0.2) is 18.1 Å². The molecule has 0 fully saturated rings. The molecular weight excluding hydrogens is 222 g/mol. The molecular formula is C15H21N3. The maximum Gasteiger partial charge on any atom is 0.146 e. The second-order valence-electron chi connectivity index (χ2n) is 4.92. The van der Waals surface area contributed by atoms with Crippen molar-refractivity contribution in [3.63, 3.8) is 0 Å². The third kappa shape index (κ3) is 2.48. The molecule has 96 valence electrons. The Kier molecular flexibility index (Phi) is 4.19. The molecule has 1 aromatic rings. The van der Waals surface area contributed by atoms with Crippen LogP contribution in [0.15, 0.2) is 6.07 Å². The average molecular weight is 243 g/mol. The first-order valence-corrected chi connectivity index (χ1v) is 6.98. The summed E-state index contributed by atoms with van der Waals surface area (Å²) >= 11 is 0. The van der Waals surface area contributed by atoms with Gasteiger partial charge in [-0.25, -0.2) is 4.98 Å². The minimum absolute atomic E-state index is 0.748. The number of nitriles is 1. The summed E-state index contributed by atoms with van der Waals surface area (Å²) in [6.07, 6.45) is 5.50. The highest BCUT2D eigenvalue weighted by atomic mass is 15.2. The van der Waals surface area contributed by atoms with Crippen LogP contribution in [0.4, 0.5) is 5.82 Å². The maximum absolute atomic E-state index is 9.32. The topological polar surface area (TPSA) is 39.9 Å². The molecule has 0 unspecified atom stereocenters. The molecule has 0 atom stereocenters. The van der Waals surface area contributed by atoms with Gasteiger partial charge in [-0.1, -0.05) is 13.8 Å². The van der Waals surface area contributed by atoms with Crippen molar-refractivity contribution in [3.05, 3.63) is 22.9 Å². The van der Waals surface area contributed by atoms with Gasteiger partial charge in [0.25, 0.3) is 0 Å². The Balaban J connectivity index is 2.38. The summed E-state index contributed by atoms with van der Waals surface area (Å²) in [6, 6.07) is 4.38. The van der Waals surface area contributed by atoms with Crippen molar-refractivity contribution < 1.29 is 0 Å². The first-order chi connectivity index (χ1) is 8.80. The van der Waals surface area contributed by atoms with Crippen molar-refractivity contribution in [1.82, 2.24) is 4.98 Å². The van der Waals surface area contributed by atoms with E-state index in [0.717, 1.165) is 50.2 Å². The molecule has 1 heterocycles. The van der Waals surface area contributed by atoms with E-state index in [1.54, 1.807) is 0 Å². The standard InChI is InChI=1S/C15H21N3/c1-3-8-18(9-4-2)15-13(11-16)10-12-6-5-7-14(12)17-15/h10H,3-9H2,1-2H3. The minimum Gasteiger partial charge on any atom is -0.356 e. The van der Waals surface area contributed by atoms with Crippen LogP contribution in [0.5, 0.6) is 0 Å². The van der Waals surface area contributed by atoms with Crippen molar-refractivity contribution in [2.24, 2.45) is 0 Å². The Labute approximate surface area is 109 Å². The van der Waals surface area contributed by atoms with Crippen LogP contribution in [0, 0.1) is 11.3 Å². The third-order valence-corrected chi connectivity index (χ3v) is 3.44. The fourth-order valence-corrected chi connectivity index (χ4v) is 2.65. The van der Waals surface area contributed by atoms with Gasteiger partial charge < -0.3 is 4.90 Å². The number of hydrogen-bond donors (Lipinski definition) is 0. The van der Waals surface area contributed by atoms with Crippen molar-refractivity contribution >= 4 is 5.82 Å². The lowest BCUT2D eigenvalue weighted by molar-refractivity contribution is 0.730. The molecule has 0 spiro atoms. The largest absolute Gasteiger partial charge is 0.356 e. The molecule has 0 N–H and O–H groups in total. The van der Waals surface area contributed by atoms with E-state index in [4.69, 9.17) is 4.98 Å². The summed E-state index contributed by atoms with van der Waals surface area (Å²) in [4.78, 5) is 7.03. The number of fused-ring (bicyclic) bond motifs is 1. The first-order valence-electron chi connectivity index (χ1n) is 6.98. The van der Waals surface area contributed by atoms with Crippen LogP contribution >= 0.6 is 0 Å². The van der Waals surface area contributed by atoms with Gasteiger partial charge in [0.15, 0.2) is 0 Å². The summed E-state index contributed by atoms with van der Waals surface area (Å²) in [5, 5.41) is 9.32. The predicted molar refractivity (Wildman–Crippen MR) is 73.8 cm³/mol. The van der Waals surface area contributed by atoms with Crippen LogP contribution in [0.1, 0.15) is 49.9 Å². The van der Waals surface area contributed by atoms with E-state index in [0.29, 0.717) is 0 Å². The quantitative estimate of drug-likeness (QED) is 0.798. The van der Waals surface area contributed by atoms with Gasteiger partial charge in [-0.3, -0.25) is 0 Å². The molecule has 0 radical (unpaired) electrons. The number of aryl methyl sites for hydroxylation is 2. The summed E-state index contributed by atoms with van der Waals surface area (Å²) in [5.41, 5.74) is 3.24. The van der Waals surface area contributed by atoms with Crippen LogP contribution in [-0.2, 0) is 12.8 Å². The van der Waals surface area contributed by atoms with Gasteiger partial charge >= 0.3 is 0 Å².